The Bertz CT molecular complexity index is 996. The van der Waals surface area contributed by atoms with E-state index in [2.05, 4.69) is 10.6 Å². The first-order valence-corrected chi connectivity index (χ1v) is 10.3. The van der Waals surface area contributed by atoms with E-state index >= 15 is 0 Å². The normalized spacial score (nSPS) is 14.8. The molecule has 142 valence electrons. The zero-order valence-corrected chi connectivity index (χ0v) is 16.6. The van der Waals surface area contributed by atoms with Crippen LogP contribution >= 0.6 is 22.9 Å². The molecule has 1 aliphatic rings. The number of thiophene rings is 1. The van der Waals surface area contributed by atoms with Crippen LogP contribution in [0.2, 0.25) is 5.02 Å². The van der Waals surface area contributed by atoms with Crippen molar-refractivity contribution in [2.45, 2.75) is 24.7 Å². The van der Waals surface area contributed by atoms with Crippen LogP contribution in [0.25, 0.3) is 0 Å². The average molecular weight is 411 g/mol. The number of hydrogen-bond donors (Lipinski definition) is 2. The summed E-state index contributed by atoms with van der Waals surface area (Å²) in [6, 6.07) is 18.3. The first-order valence-electron chi connectivity index (χ1n) is 9.09. The van der Waals surface area contributed by atoms with Crippen LogP contribution in [0, 0.1) is 0 Å². The van der Waals surface area contributed by atoms with Gasteiger partial charge in [0, 0.05) is 16.4 Å². The van der Waals surface area contributed by atoms with Gasteiger partial charge < -0.3 is 10.6 Å². The van der Waals surface area contributed by atoms with Crippen LogP contribution in [0.5, 0.6) is 0 Å². The van der Waals surface area contributed by atoms with E-state index in [4.69, 9.17) is 11.6 Å². The van der Waals surface area contributed by atoms with Crippen LogP contribution in [-0.4, -0.2) is 11.8 Å². The summed E-state index contributed by atoms with van der Waals surface area (Å²) in [6.45, 7) is 0. The molecule has 6 heteroatoms. The van der Waals surface area contributed by atoms with E-state index in [1.54, 1.807) is 18.2 Å². The predicted molar refractivity (Wildman–Crippen MR) is 114 cm³/mol. The van der Waals surface area contributed by atoms with Crippen molar-refractivity contribution in [2.75, 3.05) is 10.6 Å². The Morgan fingerprint density at radius 2 is 1.64 bits per heavy atom. The Morgan fingerprint density at radius 1 is 0.929 bits per heavy atom. The van der Waals surface area contributed by atoms with Crippen LogP contribution in [0.15, 0.2) is 66.0 Å². The minimum absolute atomic E-state index is 0.0252. The molecule has 1 saturated carbocycles. The molecule has 1 aromatic heterocycles. The summed E-state index contributed by atoms with van der Waals surface area (Å²) in [6.07, 6.45) is 2.65. The predicted octanol–water partition coefficient (Wildman–Crippen LogP) is 5.71. The van der Waals surface area contributed by atoms with E-state index < -0.39 is 5.41 Å². The van der Waals surface area contributed by atoms with Crippen molar-refractivity contribution in [3.63, 3.8) is 0 Å². The molecule has 0 atom stereocenters. The lowest BCUT2D eigenvalue weighted by atomic mass is 9.64. The van der Waals surface area contributed by atoms with Crippen molar-refractivity contribution >= 4 is 46.1 Å². The smallest absolute Gasteiger partial charge is 0.265 e. The Labute approximate surface area is 172 Å². The maximum Gasteiger partial charge on any atom is 0.265 e. The number of hydrogen-bond acceptors (Lipinski definition) is 3. The molecule has 0 unspecified atom stereocenters. The molecule has 4 nitrogen and oxygen atoms in total. The molecule has 0 radical (unpaired) electrons. The van der Waals surface area contributed by atoms with Gasteiger partial charge in [0.05, 0.1) is 10.3 Å². The molecule has 2 amide bonds. The summed E-state index contributed by atoms with van der Waals surface area (Å²) in [5, 5.41) is 8.42. The maximum atomic E-state index is 13.1. The van der Waals surface area contributed by atoms with Gasteiger partial charge in [0.2, 0.25) is 5.91 Å². The number of rotatable bonds is 5. The Balaban J connectivity index is 1.50. The Hall–Kier alpha value is -2.63. The third-order valence-electron chi connectivity index (χ3n) is 5.16. The zero-order chi connectivity index (χ0) is 19.6. The van der Waals surface area contributed by atoms with Crippen LogP contribution in [0.3, 0.4) is 0 Å². The first-order chi connectivity index (χ1) is 13.6. The monoisotopic (exact) mass is 410 g/mol. The average Bonchev–Trinajstić information content (AvgIpc) is 3.17. The van der Waals surface area contributed by atoms with Crippen molar-refractivity contribution in [1.82, 2.24) is 0 Å². The largest absolute Gasteiger partial charge is 0.325 e. The fourth-order valence-corrected chi connectivity index (χ4v) is 4.22. The van der Waals surface area contributed by atoms with E-state index in [9.17, 15) is 9.59 Å². The molecular weight excluding hydrogens is 392 g/mol. The van der Waals surface area contributed by atoms with E-state index in [0.29, 0.717) is 21.3 Å². The first kappa shape index (κ1) is 18.7. The fourth-order valence-electron chi connectivity index (χ4n) is 3.47. The number of amides is 2. The number of nitrogens with one attached hydrogen (secondary N) is 2. The highest BCUT2D eigenvalue weighted by atomic mass is 35.5. The molecule has 0 aliphatic heterocycles. The summed E-state index contributed by atoms with van der Waals surface area (Å²) in [7, 11) is 0. The van der Waals surface area contributed by atoms with E-state index in [-0.39, 0.29) is 11.8 Å². The molecule has 2 aromatic carbocycles. The molecule has 1 fully saturated rings. The highest BCUT2D eigenvalue weighted by molar-refractivity contribution is 7.12. The minimum atomic E-state index is -0.513. The quantitative estimate of drug-likeness (QED) is 0.565. The van der Waals surface area contributed by atoms with Crippen molar-refractivity contribution in [3.8, 4) is 0 Å². The second-order valence-electron chi connectivity index (χ2n) is 6.91. The molecule has 0 spiro atoms. The lowest BCUT2D eigenvalue weighted by Gasteiger charge is -2.40. The van der Waals surface area contributed by atoms with E-state index in [0.717, 1.165) is 24.8 Å². The van der Waals surface area contributed by atoms with Crippen LogP contribution in [-0.2, 0) is 10.2 Å². The number of halogens is 1. The van der Waals surface area contributed by atoms with Gasteiger partial charge in [-0.1, -0.05) is 42.3 Å². The van der Waals surface area contributed by atoms with Crippen LogP contribution < -0.4 is 10.6 Å². The SMILES string of the molecule is O=C(Nc1cccc(NC(=O)C2(c3ccc(Cl)cc3)CCC2)c1)c1cccs1. The Kier molecular flexibility index (Phi) is 5.20. The number of benzene rings is 2. The van der Waals surface area contributed by atoms with Gasteiger partial charge in [-0.05, 0) is 60.2 Å². The van der Waals surface area contributed by atoms with Crippen LogP contribution in [0.4, 0.5) is 11.4 Å². The second kappa shape index (κ2) is 7.78. The van der Waals surface area contributed by atoms with Gasteiger partial charge in [0.1, 0.15) is 0 Å². The van der Waals surface area contributed by atoms with Crippen molar-refractivity contribution in [2.24, 2.45) is 0 Å². The van der Waals surface area contributed by atoms with Gasteiger partial charge in [-0.2, -0.15) is 0 Å². The van der Waals surface area contributed by atoms with Crippen molar-refractivity contribution < 1.29 is 9.59 Å². The molecule has 1 aliphatic carbocycles. The van der Waals surface area contributed by atoms with Gasteiger partial charge in [0.15, 0.2) is 0 Å². The summed E-state index contributed by atoms with van der Waals surface area (Å²) >= 11 is 7.38. The van der Waals surface area contributed by atoms with E-state index in [1.807, 2.05) is 47.8 Å². The number of anilines is 2. The summed E-state index contributed by atoms with van der Waals surface area (Å²) in [5.41, 5.74) is 1.78. The molecular formula is C22H19ClN2O2S. The summed E-state index contributed by atoms with van der Waals surface area (Å²) < 4.78 is 0. The van der Waals surface area contributed by atoms with Crippen molar-refractivity contribution in [1.29, 1.82) is 0 Å². The lowest BCUT2D eigenvalue weighted by Crippen LogP contribution is -2.46. The summed E-state index contributed by atoms with van der Waals surface area (Å²) in [5.74, 6) is -0.182. The van der Waals surface area contributed by atoms with Gasteiger partial charge in [0.25, 0.3) is 5.91 Å². The molecule has 28 heavy (non-hydrogen) atoms. The zero-order valence-electron chi connectivity index (χ0n) is 15.1. The molecule has 1 heterocycles. The van der Waals surface area contributed by atoms with Gasteiger partial charge in [-0.15, -0.1) is 11.3 Å². The lowest BCUT2D eigenvalue weighted by molar-refractivity contribution is -0.124. The molecule has 2 N–H and O–H groups in total. The molecule has 0 saturated heterocycles. The van der Waals surface area contributed by atoms with Crippen LogP contribution in [0.1, 0.15) is 34.5 Å². The van der Waals surface area contributed by atoms with Gasteiger partial charge in [-0.25, -0.2) is 0 Å². The third kappa shape index (κ3) is 3.68. The topological polar surface area (TPSA) is 58.2 Å². The molecule has 4 rings (SSSR count). The minimum Gasteiger partial charge on any atom is -0.325 e. The number of carbonyl (C=O) groups is 2. The molecule has 0 bridgehead atoms. The van der Waals surface area contributed by atoms with Gasteiger partial charge >= 0.3 is 0 Å². The standard InChI is InChI=1S/C22H19ClN2O2S/c23-16-9-7-15(8-10-16)22(11-3-12-22)21(27)25-18-5-1-4-17(14-18)24-20(26)19-6-2-13-28-19/h1-2,4-10,13-14H,3,11-12H2,(H,24,26)(H,25,27). The number of carbonyl (C=O) groups excluding carboxylic acids is 2. The van der Waals surface area contributed by atoms with E-state index in [1.165, 1.54) is 11.3 Å². The fraction of sp³-hybridized carbons (Fsp3) is 0.182. The summed E-state index contributed by atoms with van der Waals surface area (Å²) in [4.78, 5) is 26.0. The van der Waals surface area contributed by atoms with Crippen molar-refractivity contribution in [3.05, 3.63) is 81.5 Å². The maximum absolute atomic E-state index is 13.1. The van der Waals surface area contributed by atoms with Gasteiger partial charge in [-0.3, -0.25) is 9.59 Å². The molecule has 3 aromatic rings. The third-order valence-corrected chi connectivity index (χ3v) is 6.28. The highest BCUT2D eigenvalue weighted by Gasteiger charge is 2.45. The Morgan fingerprint density at radius 3 is 2.25 bits per heavy atom. The second-order valence-corrected chi connectivity index (χ2v) is 8.29. The highest BCUT2D eigenvalue weighted by Crippen LogP contribution is 2.45.